The highest BCUT2D eigenvalue weighted by atomic mass is 32.2. The summed E-state index contributed by atoms with van der Waals surface area (Å²) in [5, 5.41) is 9.17. The van der Waals surface area contributed by atoms with Crippen LogP contribution in [0.1, 0.15) is 11.1 Å². The van der Waals surface area contributed by atoms with Crippen molar-refractivity contribution in [2.75, 3.05) is 14.2 Å². The summed E-state index contributed by atoms with van der Waals surface area (Å²) in [5.74, 6) is 0.398. The lowest BCUT2D eigenvalue weighted by atomic mass is 10.1. The number of nitrogens with zero attached hydrogens (tertiary/aromatic N) is 3. The van der Waals surface area contributed by atoms with E-state index in [1.54, 1.807) is 0 Å². The number of hydrogen-bond donors (Lipinski definition) is 0. The van der Waals surface area contributed by atoms with Gasteiger partial charge in [0, 0.05) is 4.90 Å². The average Bonchev–Trinajstić information content (AvgIpc) is 2.53. The molecular weight excluding hydrogens is 331 g/mol. The zero-order chi connectivity index (χ0) is 17.0. The van der Waals surface area contributed by atoms with E-state index < -0.39 is 11.7 Å². The normalized spacial score (nSPS) is 11.0. The lowest BCUT2D eigenvalue weighted by Gasteiger charge is -2.10. The number of rotatable bonds is 4. The number of halogens is 3. The minimum Gasteiger partial charge on any atom is -0.481 e. The van der Waals surface area contributed by atoms with E-state index in [-0.39, 0.29) is 27.4 Å². The molecule has 5 nitrogen and oxygen atoms in total. The number of benzene rings is 1. The quantitative estimate of drug-likeness (QED) is 0.793. The Labute approximate surface area is 134 Å². The Morgan fingerprint density at radius 2 is 1.70 bits per heavy atom. The predicted molar refractivity (Wildman–Crippen MR) is 75.4 cm³/mol. The summed E-state index contributed by atoms with van der Waals surface area (Å²) in [6, 6.07) is 6.14. The van der Waals surface area contributed by atoms with Crippen molar-refractivity contribution in [1.82, 2.24) is 9.97 Å². The van der Waals surface area contributed by atoms with E-state index in [1.807, 2.05) is 6.07 Å². The first-order chi connectivity index (χ1) is 10.9. The fraction of sp³-hybridized carbons (Fsp3) is 0.214. The molecule has 0 amide bonds. The van der Waals surface area contributed by atoms with Gasteiger partial charge in [-0.3, -0.25) is 0 Å². The highest BCUT2D eigenvalue weighted by molar-refractivity contribution is 7.99. The predicted octanol–water partition coefficient (Wildman–Crippen LogP) is 3.54. The van der Waals surface area contributed by atoms with Crippen molar-refractivity contribution >= 4 is 11.8 Å². The number of methoxy groups -OCH3 is 2. The van der Waals surface area contributed by atoms with E-state index in [1.165, 1.54) is 20.3 Å². The van der Waals surface area contributed by atoms with Gasteiger partial charge in [-0.05, 0) is 30.0 Å². The summed E-state index contributed by atoms with van der Waals surface area (Å²) in [5.41, 5.74) is -0.762. The highest BCUT2D eigenvalue weighted by Crippen LogP contribution is 2.36. The molecule has 0 unspecified atom stereocenters. The highest BCUT2D eigenvalue weighted by Gasteiger charge is 2.31. The molecule has 1 aromatic heterocycles. The third kappa shape index (κ3) is 4.04. The summed E-state index contributed by atoms with van der Waals surface area (Å²) in [6.45, 7) is 0. The monoisotopic (exact) mass is 341 g/mol. The molecule has 23 heavy (non-hydrogen) atoms. The van der Waals surface area contributed by atoms with Gasteiger partial charge in [-0.1, -0.05) is 0 Å². The van der Waals surface area contributed by atoms with Gasteiger partial charge in [-0.15, -0.1) is 0 Å². The zero-order valence-electron chi connectivity index (χ0n) is 12.0. The molecule has 0 radical (unpaired) electrons. The number of ether oxygens (including phenoxy) is 2. The lowest BCUT2D eigenvalue weighted by Crippen LogP contribution is -2.05. The van der Waals surface area contributed by atoms with E-state index >= 15 is 0 Å². The van der Waals surface area contributed by atoms with Gasteiger partial charge in [0.1, 0.15) is 6.07 Å². The first kappa shape index (κ1) is 16.9. The summed E-state index contributed by atoms with van der Waals surface area (Å²) in [4.78, 5) is 8.14. The molecule has 2 aromatic rings. The van der Waals surface area contributed by atoms with Crippen LogP contribution in [0.4, 0.5) is 13.2 Å². The minimum atomic E-state index is -4.50. The van der Waals surface area contributed by atoms with Crippen LogP contribution in [0.3, 0.4) is 0 Å². The van der Waals surface area contributed by atoms with Crippen molar-refractivity contribution in [2.24, 2.45) is 0 Å². The van der Waals surface area contributed by atoms with Crippen LogP contribution in [0.25, 0.3) is 0 Å². The summed E-state index contributed by atoms with van der Waals surface area (Å²) >= 11 is 0.823. The van der Waals surface area contributed by atoms with Crippen molar-refractivity contribution in [3.63, 3.8) is 0 Å². The zero-order valence-corrected chi connectivity index (χ0v) is 12.8. The Balaban J connectivity index is 2.45. The van der Waals surface area contributed by atoms with Crippen LogP contribution >= 0.6 is 11.8 Å². The third-order valence-corrected chi connectivity index (χ3v) is 3.63. The molecule has 0 saturated heterocycles. The molecule has 1 heterocycles. The molecule has 0 aliphatic rings. The summed E-state index contributed by atoms with van der Waals surface area (Å²) < 4.78 is 48.4. The van der Waals surface area contributed by atoms with Gasteiger partial charge < -0.3 is 9.47 Å². The van der Waals surface area contributed by atoms with E-state index in [0.29, 0.717) is 0 Å². The Morgan fingerprint density at radius 1 is 1.09 bits per heavy atom. The molecule has 0 fully saturated rings. The molecule has 9 heteroatoms. The average molecular weight is 341 g/mol. The van der Waals surface area contributed by atoms with Crippen LogP contribution in [0, 0.1) is 11.3 Å². The maximum atomic E-state index is 12.8. The van der Waals surface area contributed by atoms with Gasteiger partial charge in [0.15, 0.2) is 5.16 Å². The molecule has 0 bridgehead atoms. The molecule has 1 aromatic carbocycles. The Bertz CT molecular complexity index is 738. The summed E-state index contributed by atoms with van der Waals surface area (Å²) in [6.07, 6.45) is -4.50. The minimum absolute atomic E-state index is 0.0911. The van der Waals surface area contributed by atoms with E-state index in [4.69, 9.17) is 14.7 Å². The SMILES string of the molecule is COc1cc(OC)nc(Sc2cc(C(F)(F)F)ccc2C#N)n1. The fourth-order valence-corrected chi connectivity index (χ4v) is 2.49. The molecule has 2 rings (SSSR count). The standard InChI is InChI=1S/C14H10F3N3O2S/c1-21-11-6-12(22-2)20-13(19-11)23-10-5-9(14(15,16)17)4-3-8(10)7-18/h3-6H,1-2H3. The van der Waals surface area contributed by atoms with Crippen molar-refractivity contribution in [2.45, 2.75) is 16.2 Å². The van der Waals surface area contributed by atoms with Crippen molar-refractivity contribution in [3.8, 4) is 17.8 Å². The van der Waals surface area contributed by atoms with Gasteiger partial charge in [0.2, 0.25) is 11.8 Å². The second kappa shape index (κ2) is 6.75. The van der Waals surface area contributed by atoms with Crippen LogP contribution in [0.2, 0.25) is 0 Å². The van der Waals surface area contributed by atoms with E-state index in [9.17, 15) is 13.2 Å². The second-order valence-corrected chi connectivity index (χ2v) is 5.17. The molecule has 0 saturated carbocycles. The van der Waals surface area contributed by atoms with Crippen molar-refractivity contribution in [3.05, 3.63) is 35.4 Å². The number of aromatic nitrogens is 2. The van der Waals surface area contributed by atoms with E-state index in [2.05, 4.69) is 9.97 Å². The van der Waals surface area contributed by atoms with Crippen molar-refractivity contribution in [1.29, 1.82) is 5.26 Å². The fourth-order valence-electron chi connectivity index (χ4n) is 1.61. The molecule has 0 N–H and O–H groups in total. The smallest absolute Gasteiger partial charge is 0.416 e. The van der Waals surface area contributed by atoms with Crippen molar-refractivity contribution < 1.29 is 22.6 Å². The van der Waals surface area contributed by atoms with Crippen LogP contribution < -0.4 is 9.47 Å². The first-order valence-corrected chi connectivity index (χ1v) is 6.95. The molecule has 120 valence electrons. The number of alkyl halides is 3. The number of nitriles is 1. The molecule has 0 spiro atoms. The Hall–Kier alpha value is -2.47. The van der Waals surface area contributed by atoms with Gasteiger partial charge in [0.25, 0.3) is 0 Å². The Morgan fingerprint density at radius 3 is 2.17 bits per heavy atom. The second-order valence-electron chi connectivity index (χ2n) is 4.16. The van der Waals surface area contributed by atoms with Gasteiger partial charge >= 0.3 is 6.18 Å². The van der Waals surface area contributed by atoms with Crippen LogP contribution in [0.5, 0.6) is 11.8 Å². The summed E-state index contributed by atoms with van der Waals surface area (Å²) in [7, 11) is 2.78. The topological polar surface area (TPSA) is 68.0 Å². The maximum Gasteiger partial charge on any atom is 0.416 e. The maximum absolute atomic E-state index is 12.8. The first-order valence-electron chi connectivity index (χ1n) is 6.13. The molecule has 0 aliphatic carbocycles. The van der Waals surface area contributed by atoms with Gasteiger partial charge in [-0.25, -0.2) is 0 Å². The van der Waals surface area contributed by atoms with Gasteiger partial charge in [-0.2, -0.15) is 28.4 Å². The van der Waals surface area contributed by atoms with Crippen LogP contribution in [0.15, 0.2) is 34.3 Å². The molecule has 0 aliphatic heterocycles. The van der Waals surface area contributed by atoms with Crippen LogP contribution in [-0.2, 0) is 6.18 Å². The molecule has 0 atom stereocenters. The number of hydrogen-bond acceptors (Lipinski definition) is 6. The lowest BCUT2D eigenvalue weighted by molar-refractivity contribution is -0.137. The van der Waals surface area contributed by atoms with E-state index in [0.717, 1.165) is 30.0 Å². The third-order valence-electron chi connectivity index (χ3n) is 2.71. The largest absolute Gasteiger partial charge is 0.481 e. The van der Waals surface area contributed by atoms with Gasteiger partial charge in [0.05, 0.1) is 31.4 Å². The Kier molecular flexibility index (Phi) is 4.95. The molecular formula is C14H10F3N3O2S. The van der Waals surface area contributed by atoms with Crippen LogP contribution in [-0.4, -0.2) is 24.2 Å².